The molecule has 0 radical (unpaired) electrons. The number of aryl methyl sites for hydroxylation is 1. The van der Waals surface area contributed by atoms with Gasteiger partial charge in [-0.3, -0.25) is 9.59 Å². The van der Waals surface area contributed by atoms with E-state index in [-0.39, 0.29) is 11.8 Å². The molecule has 2 N–H and O–H groups in total. The topological polar surface area (TPSA) is 78.1 Å². The lowest BCUT2D eigenvalue weighted by Gasteiger charge is -2.25. The molecule has 2 amide bonds. The molecular formula is C32H26N4O2. The van der Waals surface area contributed by atoms with Gasteiger partial charge in [0.1, 0.15) is 5.82 Å². The molecule has 5 aromatic rings. The number of imidazole rings is 1. The summed E-state index contributed by atoms with van der Waals surface area (Å²) in [5, 5.41) is 2.98. The number of fused-ring (bicyclic) bond motifs is 3. The predicted octanol–water partition coefficient (Wildman–Crippen LogP) is 6.51. The van der Waals surface area contributed by atoms with Gasteiger partial charge in [0.2, 0.25) is 0 Å². The molecule has 38 heavy (non-hydrogen) atoms. The molecule has 6 nitrogen and oxygen atoms in total. The number of anilines is 2. The van der Waals surface area contributed by atoms with Gasteiger partial charge in [0.05, 0.1) is 11.4 Å². The monoisotopic (exact) mass is 498 g/mol. The van der Waals surface area contributed by atoms with Crippen molar-refractivity contribution in [3.05, 3.63) is 126 Å². The van der Waals surface area contributed by atoms with Gasteiger partial charge in [-0.05, 0) is 42.8 Å². The third kappa shape index (κ3) is 4.26. The van der Waals surface area contributed by atoms with E-state index in [9.17, 15) is 9.59 Å². The Labute approximate surface area is 221 Å². The van der Waals surface area contributed by atoms with E-state index < -0.39 is 0 Å². The number of carbonyl (C=O) groups is 2. The molecule has 1 aliphatic rings. The van der Waals surface area contributed by atoms with Gasteiger partial charge in [0.25, 0.3) is 11.8 Å². The number of H-pyrrole nitrogens is 1. The van der Waals surface area contributed by atoms with E-state index >= 15 is 0 Å². The summed E-state index contributed by atoms with van der Waals surface area (Å²) in [6.07, 6.45) is 0.644. The van der Waals surface area contributed by atoms with Crippen LogP contribution in [0.25, 0.3) is 22.4 Å². The van der Waals surface area contributed by atoms with Crippen molar-refractivity contribution in [3.63, 3.8) is 0 Å². The number of nitrogens with zero attached hydrogens (tertiary/aromatic N) is 2. The molecule has 1 aliphatic heterocycles. The van der Waals surface area contributed by atoms with Crippen LogP contribution in [-0.4, -0.2) is 28.3 Å². The van der Waals surface area contributed by atoms with Crippen molar-refractivity contribution < 1.29 is 9.59 Å². The lowest BCUT2D eigenvalue weighted by Crippen LogP contribution is -2.33. The first-order chi connectivity index (χ1) is 18.6. The van der Waals surface area contributed by atoms with Crippen LogP contribution in [0.2, 0.25) is 0 Å². The Balaban J connectivity index is 1.46. The molecule has 186 valence electrons. The van der Waals surface area contributed by atoms with E-state index in [0.29, 0.717) is 35.3 Å². The number of amides is 2. The molecule has 0 unspecified atom stereocenters. The van der Waals surface area contributed by atoms with Gasteiger partial charge in [-0.2, -0.15) is 0 Å². The minimum Gasteiger partial charge on any atom is -0.346 e. The van der Waals surface area contributed by atoms with Crippen molar-refractivity contribution in [1.29, 1.82) is 0 Å². The van der Waals surface area contributed by atoms with Crippen LogP contribution in [0, 0.1) is 6.92 Å². The van der Waals surface area contributed by atoms with Crippen LogP contribution in [0.3, 0.4) is 0 Å². The Morgan fingerprint density at radius 2 is 1.50 bits per heavy atom. The molecule has 4 aromatic carbocycles. The van der Waals surface area contributed by atoms with Gasteiger partial charge in [0, 0.05) is 46.6 Å². The fourth-order valence-electron chi connectivity index (χ4n) is 5.11. The third-order valence-corrected chi connectivity index (χ3v) is 6.81. The summed E-state index contributed by atoms with van der Waals surface area (Å²) in [7, 11) is 0. The van der Waals surface area contributed by atoms with Gasteiger partial charge in [0.15, 0.2) is 0 Å². The zero-order chi connectivity index (χ0) is 26.1. The van der Waals surface area contributed by atoms with Crippen LogP contribution in [0.4, 0.5) is 11.4 Å². The molecule has 0 fully saturated rings. The number of nitrogens with one attached hydrogen (secondary N) is 2. The fraction of sp³-hybridized carbons (Fsp3) is 0.0938. The molecule has 0 spiro atoms. The first-order valence-electron chi connectivity index (χ1n) is 12.6. The Kier molecular flexibility index (Phi) is 6.06. The largest absolute Gasteiger partial charge is 0.346 e. The molecule has 6 heteroatoms. The first kappa shape index (κ1) is 23.4. The number of para-hydroxylation sites is 2. The average molecular weight is 499 g/mol. The molecule has 0 saturated heterocycles. The van der Waals surface area contributed by atoms with E-state index in [0.717, 1.165) is 34.0 Å². The zero-order valence-electron chi connectivity index (χ0n) is 20.9. The third-order valence-electron chi connectivity index (χ3n) is 6.81. The molecule has 6 rings (SSSR count). The number of rotatable bonds is 4. The van der Waals surface area contributed by atoms with E-state index in [2.05, 4.69) is 10.3 Å². The van der Waals surface area contributed by atoms with Gasteiger partial charge < -0.3 is 15.2 Å². The van der Waals surface area contributed by atoms with Crippen LogP contribution in [0.5, 0.6) is 0 Å². The average Bonchev–Trinajstić information content (AvgIpc) is 3.26. The van der Waals surface area contributed by atoms with Gasteiger partial charge >= 0.3 is 0 Å². The highest BCUT2D eigenvalue weighted by atomic mass is 16.2. The van der Waals surface area contributed by atoms with E-state index in [1.165, 1.54) is 0 Å². The van der Waals surface area contributed by atoms with Crippen LogP contribution < -0.4 is 10.2 Å². The normalized spacial score (nSPS) is 12.3. The van der Waals surface area contributed by atoms with Crippen molar-refractivity contribution >= 4 is 23.2 Å². The Bertz CT molecular complexity index is 1640. The van der Waals surface area contributed by atoms with E-state index in [1.807, 2.05) is 91.9 Å². The van der Waals surface area contributed by atoms with E-state index in [1.54, 1.807) is 23.1 Å². The van der Waals surface area contributed by atoms with Crippen LogP contribution >= 0.6 is 0 Å². The summed E-state index contributed by atoms with van der Waals surface area (Å²) in [5.74, 6) is 0.427. The van der Waals surface area contributed by atoms with Gasteiger partial charge in [-0.1, -0.05) is 72.8 Å². The predicted molar refractivity (Wildman–Crippen MR) is 150 cm³/mol. The Hall–Kier alpha value is -4.97. The summed E-state index contributed by atoms with van der Waals surface area (Å²) >= 11 is 0. The van der Waals surface area contributed by atoms with Crippen molar-refractivity contribution in [2.75, 3.05) is 16.8 Å². The maximum Gasteiger partial charge on any atom is 0.258 e. The fourth-order valence-corrected chi connectivity index (χ4v) is 5.11. The lowest BCUT2D eigenvalue weighted by molar-refractivity contribution is 0.0988. The molecule has 0 saturated carbocycles. The summed E-state index contributed by atoms with van der Waals surface area (Å²) in [5.41, 5.74) is 6.65. The van der Waals surface area contributed by atoms with E-state index in [4.69, 9.17) is 4.98 Å². The maximum absolute atomic E-state index is 14.3. The molecule has 0 bridgehead atoms. The molecule has 0 atom stereocenters. The minimum absolute atomic E-state index is 0.160. The van der Waals surface area contributed by atoms with Crippen LogP contribution in [0.1, 0.15) is 32.2 Å². The molecule has 1 aromatic heterocycles. The van der Waals surface area contributed by atoms with Crippen molar-refractivity contribution in [1.82, 2.24) is 9.97 Å². The number of hydrogen-bond donors (Lipinski definition) is 2. The highest BCUT2D eigenvalue weighted by Gasteiger charge is 2.29. The SMILES string of the molecule is Cc1nc2c([nH]1)CCN(C(=O)c1cccc(C(=O)Nc3ccccc3)c1-c1ccccc1)c1ccccc1-2. The minimum atomic E-state index is -0.268. The second-order valence-electron chi connectivity index (χ2n) is 9.29. The number of aromatic amines is 1. The zero-order valence-corrected chi connectivity index (χ0v) is 20.9. The van der Waals surface area contributed by atoms with Crippen molar-refractivity contribution in [3.8, 4) is 22.4 Å². The first-order valence-corrected chi connectivity index (χ1v) is 12.6. The highest BCUT2D eigenvalue weighted by Crippen LogP contribution is 2.37. The number of aromatic nitrogens is 2. The van der Waals surface area contributed by atoms with Crippen molar-refractivity contribution in [2.24, 2.45) is 0 Å². The standard InChI is InChI=1S/C32H26N4O2/c1-21-33-27-19-20-36(28-18-9-8-15-24(28)30(27)34-21)32(38)26-17-10-16-25(29(26)22-11-4-2-5-12-22)31(37)35-23-13-6-3-7-14-23/h2-18H,19-20H2,1H3,(H,33,34)(H,35,37). The number of hydrogen-bond acceptors (Lipinski definition) is 3. The quantitative estimate of drug-likeness (QED) is 0.297. The highest BCUT2D eigenvalue weighted by molar-refractivity contribution is 6.17. The summed E-state index contributed by atoms with van der Waals surface area (Å²) < 4.78 is 0. The van der Waals surface area contributed by atoms with Crippen molar-refractivity contribution in [2.45, 2.75) is 13.3 Å². The second kappa shape index (κ2) is 9.82. The van der Waals surface area contributed by atoms with Gasteiger partial charge in [-0.25, -0.2) is 4.98 Å². The molecule has 0 aliphatic carbocycles. The summed E-state index contributed by atoms with van der Waals surface area (Å²) in [6.45, 7) is 2.43. The van der Waals surface area contributed by atoms with Crippen LogP contribution in [-0.2, 0) is 6.42 Å². The summed E-state index contributed by atoms with van der Waals surface area (Å²) in [6, 6.07) is 32.1. The number of benzene rings is 4. The van der Waals surface area contributed by atoms with Gasteiger partial charge in [-0.15, -0.1) is 0 Å². The molecular weight excluding hydrogens is 472 g/mol. The van der Waals surface area contributed by atoms with Crippen LogP contribution in [0.15, 0.2) is 103 Å². The lowest BCUT2D eigenvalue weighted by atomic mass is 9.92. The Morgan fingerprint density at radius 1 is 0.816 bits per heavy atom. The summed E-state index contributed by atoms with van der Waals surface area (Å²) in [4.78, 5) is 37.7. The maximum atomic E-state index is 14.3. The second-order valence-corrected chi connectivity index (χ2v) is 9.29. The Morgan fingerprint density at radius 3 is 2.29 bits per heavy atom. The smallest absolute Gasteiger partial charge is 0.258 e. The number of carbonyl (C=O) groups excluding carboxylic acids is 2. The molecule has 2 heterocycles.